The molecule has 26 heavy (non-hydrogen) atoms. The summed E-state index contributed by atoms with van der Waals surface area (Å²) in [6, 6.07) is 16.1. The van der Waals surface area contributed by atoms with Crippen LogP contribution in [0.1, 0.15) is 35.6 Å². The smallest absolute Gasteiger partial charge is 0.213 e. The average molecular weight is 413 g/mol. The van der Waals surface area contributed by atoms with Gasteiger partial charge in [0.25, 0.3) is 0 Å². The molecule has 2 aliphatic rings. The molecule has 4 nitrogen and oxygen atoms in total. The van der Waals surface area contributed by atoms with Crippen molar-refractivity contribution >= 4 is 21.6 Å². The monoisotopic (exact) mass is 412 g/mol. The van der Waals surface area contributed by atoms with Crippen LogP contribution in [0.25, 0.3) is 0 Å². The van der Waals surface area contributed by atoms with E-state index in [0.29, 0.717) is 6.42 Å². The number of nitrogens with zero attached hydrogens (tertiary/aromatic N) is 2. The van der Waals surface area contributed by atoms with Gasteiger partial charge < -0.3 is 9.15 Å². The maximum absolute atomic E-state index is 13.8. The van der Waals surface area contributed by atoms with Crippen LogP contribution in [-0.4, -0.2) is 10.7 Å². The maximum Gasteiger partial charge on any atom is 0.213 e. The fourth-order valence-electron chi connectivity index (χ4n) is 3.53. The Kier molecular flexibility index (Phi) is 3.60. The lowest BCUT2D eigenvalue weighted by atomic mass is 9.97. The molecule has 0 saturated heterocycles. The van der Waals surface area contributed by atoms with E-state index in [0.717, 1.165) is 32.8 Å². The third-order valence-electron chi connectivity index (χ3n) is 4.69. The molecule has 0 spiro atoms. The van der Waals surface area contributed by atoms with E-state index in [9.17, 15) is 4.39 Å². The van der Waals surface area contributed by atoms with Crippen LogP contribution in [0.5, 0.6) is 5.75 Å². The Labute approximate surface area is 158 Å². The third kappa shape index (κ3) is 2.52. The number of benzene rings is 2. The number of ether oxygens (including phenoxy) is 1. The first-order valence-corrected chi connectivity index (χ1v) is 9.09. The Morgan fingerprint density at radius 1 is 1.12 bits per heavy atom. The van der Waals surface area contributed by atoms with E-state index in [1.807, 2.05) is 35.3 Å². The number of rotatable bonds is 2. The van der Waals surface area contributed by atoms with E-state index in [1.54, 1.807) is 12.3 Å². The van der Waals surface area contributed by atoms with Gasteiger partial charge in [-0.05, 0) is 42.5 Å². The molecule has 0 N–H and O–H groups in total. The van der Waals surface area contributed by atoms with Gasteiger partial charge in [-0.2, -0.15) is 5.10 Å². The van der Waals surface area contributed by atoms with Crippen LogP contribution in [0, 0.1) is 5.82 Å². The van der Waals surface area contributed by atoms with Crippen LogP contribution in [0.3, 0.4) is 0 Å². The molecule has 2 aliphatic heterocycles. The average Bonchev–Trinajstić information content (AvgIpc) is 3.31. The largest absolute Gasteiger partial charge is 0.464 e. The maximum atomic E-state index is 13.8. The lowest BCUT2D eigenvalue weighted by molar-refractivity contribution is -0.0192. The van der Waals surface area contributed by atoms with Crippen molar-refractivity contribution in [3.63, 3.8) is 0 Å². The zero-order valence-corrected chi connectivity index (χ0v) is 15.2. The molecule has 5 rings (SSSR count). The van der Waals surface area contributed by atoms with E-state index >= 15 is 0 Å². The molecule has 6 heteroatoms. The van der Waals surface area contributed by atoms with Gasteiger partial charge in [0.05, 0.1) is 12.3 Å². The third-order valence-corrected chi connectivity index (χ3v) is 5.18. The summed E-state index contributed by atoms with van der Waals surface area (Å²) >= 11 is 3.53. The van der Waals surface area contributed by atoms with E-state index in [1.165, 1.54) is 12.1 Å². The first-order chi connectivity index (χ1) is 12.7. The predicted octanol–water partition coefficient (Wildman–Crippen LogP) is 5.42. The van der Waals surface area contributed by atoms with Crippen molar-refractivity contribution in [1.29, 1.82) is 0 Å². The van der Waals surface area contributed by atoms with Crippen LogP contribution in [-0.2, 0) is 0 Å². The summed E-state index contributed by atoms with van der Waals surface area (Å²) in [4.78, 5) is 0. The SMILES string of the molecule is Fc1cccc(C2Oc3ccc(Br)cc3C3CC(c4ccco4)=NN32)c1. The van der Waals surface area contributed by atoms with Gasteiger partial charge in [-0.25, -0.2) is 9.40 Å². The predicted molar refractivity (Wildman–Crippen MR) is 98.4 cm³/mol. The molecule has 2 atom stereocenters. The normalized spacial score (nSPS) is 21.0. The molecule has 0 radical (unpaired) electrons. The highest BCUT2D eigenvalue weighted by atomic mass is 79.9. The number of hydrazone groups is 1. The highest BCUT2D eigenvalue weighted by molar-refractivity contribution is 9.10. The van der Waals surface area contributed by atoms with Crippen LogP contribution in [0.2, 0.25) is 0 Å². The summed E-state index contributed by atoms with van der Waals surface area (Å²) in [5.41, 5.74) is 2.64. The molecule has 1 aromatic heterocycles. The highest BCUT2D eigenvalue weighted by Gasteiger charge is 2.41. The summed E-state index contributed by atoms with van der Waals surface area (Å²) in [6.45, 7) is 0. The minimum Gasteiger partial charge on any atom is -0.464 e. The highest BCUT2D eigenvalue weighted by Crippen LogP contribution is 2.48. The van der Waals surface area contributed by atoms with Crippen molar-refractivity contribution in [1.82, 2.24) is 5.01 Å². The lowest BCUT2D eigenvalue weighted by Gasteiger charge is -2.38. The van der Waals surface area contributed by atoms with Crippen molar-refractivity contribution in [2.75, 3.05) is 0 Å². The van der Waals surface area contributed by atoms with Crippen molar-refractivity contribution in [3.05, 3.63) is 88.0 Å². The summed E-state index contributed by atoms with van der Waals surface area (Å²) in [7, 11) is 0. The Morgan fingerprint density at radius 3 is 2.85 bits per heavy atom. The Bertz CT molecular complexity index is 1000. The van der Waals surface area contributed by atoms with Gasteiger partial charge in [-0.15, -0.1) is 0 Å². The van der Waals surface area contributed by atoms with E-state index in [4.69, 9.17) is 14.3 Å². The Morgan fingerprint density at radius 2 is 2.04 bits per heavy atom. The standard InChI is InChI=1S/C20H14BrFN2O2/c21-13-6-7-18-15(10-13)17-11-16(19-5-2-8-25-19)23-24(17)20(26-18)12-3-1-4-14(22)9-12/h1-10,17,20H,11H2. The lowest BCUT2D eigenvalue weighted by Crippen LogP contribution is -2.33. The van der Waals surface area contributed by atoms with Crippen molar-refractivity contribution in [2.45, 2.75) is 18.7 Å². The second kappa shape index (κ2) is 5.99. The van der Waals surface area contributed by atoms with Crippen molar-refractivity contribution < 1.29 is 13.5 Å². The molecule has 0 fully saturated rings. The molecular weight excluding hydrogens is 399 g/mol. The van der Waals surface area contributed by atoms with Gasteiger partial charge in [0.15, 0.2) is 0 Å². The summed E-state index contributed by atoms with van der Waals surface area (Å²) < 4.78 is 26.5. The molecule has 2 aromatic carbocycles. The molecule has 0 bridgehead atoms. The Balaban J connectivity index is 1.63. The molecular formula is C20H14BrFN2O2. The van der Waals surface area contributed by atoms with Gasteiger partial charge in [0.1, 0.15) is 23.0 Å². The topological polar surface area (TPSA) is 38.0 Å². The van der Waals surface area contributed by atoms with Crippen LogP contribution in [0.4, 0.5) is 4.39 Å². The minimum atomic E-state index is -0.489. The molecule has 2 unspecified atom stereocenters. The van der Waals surface area contributed by atoms with Gasteiger partial charge in [0.2, 0.25) is 6.23 Å². The molecule has 130 valence electrons. The molecule has 0 aliphatic carbocycles. The number of furan rings is 1. The second-order valence-electron chi connectivity index (χ2n) is 6.33. The number of halogens is 2. The van der Waals surface area contributed by atoms with E-state index in [2.05, 4.69) is 22.0 Å². The molecule has 3 aromatic rings. The number of hydrogen-bond acceptors (Lipinski definition) is 4. The molecule has 3 heterocycles. The second-order valence-corrected chi connectivity index (χ2v) is 7.25. The van der Waals surface area contributed by atoms with Gasteiger partial charge in [-0.3, -0.25) is 0 Å². The molecule has 0 amide bonds. The summed E-state index contributed by atoms with van der Waals surface area (Å²) in [6.07, 6.45) is 1.85. The van der Waals surface area contributed by atoms with Crippen LogP contribution < -0.4 is 4.74 Å². The fourth-order valence-corrected chi connectivity index (χ4v) is 3.91. The number of hydrogen-bond donors (Lipinski definition) is 0. The summed E-state index contributed by atoms with van der Waals surface area (Å²) in [5.74, 6) is 1.24. The van der Waals surface area contributed by atoms with Crippen molar-refractivity contribution in [3.8, 4) is 5.75 Å². The first-order valence-electron chi connectivity index (χ1n) is 8.30. The van der Waals surface area contributed by atoms with Crippen LogP contribution in [0.15, 0.2) is 74.9 Å². The number of fused-ring (bicyclic) bond motifs is 3. The first kappa shape index (κ1) is 15.6. The quantitative estimate of drug-likeness (QED) is 0.563. The van der Waals surface area contributed by atoms with Crippen molar-refractivity contribution in [2.24, 2.45) is 5.10 Å². The molecule has 0 saturated carbocycles. The van der Waals surface area contributed by atoms with E-state index in [-0.39, 0.29) is 11.9 Å². The zero-order valence-electron chi connectivity index (χ0n) is 13.6. The minimum absolute atomic E-state index is 0.00428. The summed E-state index contributed by atoms with van der Waals surface area (Å²) in [5, 5.41) is 6.67. The zero-order chi connectivity index (χ0) is 17.7. The van der Waals surface area contributed by atoms with Gasteiger partial charge in [-0.1, -0.05) is 28.1 Å². The van der Waals surface area contributed by atoms with Gasteiger partial charge >= 0.3 is 0 Å². The van der Waals surface area contributed by atoms with Crippen LogP contribution >= 0.6 is 15.9 Å². The van der Waals surface area contributed by atoms with E-state index < -0.39 is 6.23 Å². The fraction of sp³-hybridized carbons (Fsp3) is 0.150. The Hall–Kier alpha value is -2.60. The van der Waals surface area contributed by atoms with Gasteiger partial charge in [0, 0.05) is 22.0 Å².